The zero-order valence-corrected chi connectivity index (χ0v) is 11.6. The first-order chi connectivity index (χ1) is 8.47. The lowest BCUT2D eigenvalue weighted by Crippen LogP contribution is -2.34. The summed E-state index contributed by atoms with van der Waals surface area (Å²) >= 11 is 17.4. The second-order valence-corrected chi connectivity index (χ2v) is 4.64. The number of esters is 1. The lowest BCUT2D eigenvalue weighted by atomic mass is 10.2. The van der Waals surface area contributed by atoms with E-state index in [1.54, 1.807) is 18.2 Å². The average Bonchev–Trinajstić information content (AvgIpc) is 2.34. The first-order valence-corrected chi connectivity index (χ1v) is 6.10. The van der Waals surface area contributed by atoms with E-state index in [1.807, 2.05) is 0 Å². The first-order valence-electron chi connectivity index (χ1n) is 4.91. The summed E-state index contributed by atoms with van der Waals surface area (Å²) in [5.41, 5.74) is 0.148. The molecule has 0 aromatic heterocycles. The van der Waals surface area contributed by atoms with Crippen molar-refractivity contribution in [3.8, 4) is 0 Å². The molecular weight excluding hydrogens is 300 g/mol. The zero-order valence-electron chi connectivity index (χ0n) is 9.38. The van der Waals surface area contributed by atoms with Crippen molar-refractivity contribution in [3.05, 3.63) is 33.8 Å². The van der Waals surface area contributed by atoms with E-state index in [0.717, 1.165) is 0 Å². The van der Waals surface area contributed by atoms with Gasteiger partial charge in [0.2, 0.25) is 0 Å². The van der Waals surface area contributed by atoms with Crippen LogP contribution in [-0.4, -0.2) is 30.9 Å². The molecule has 98 valence electrons. The van der Waals surface area contributed by atoms with Gasteiger partial charge in [-0.05, 0) is 12.1 Å². The SMILES string of the molecule is COC(=O)C(Cl)CNC(=O)c1c(Cl)cccc1Cl. The summed E-state index contributed by atoms with van der Waals surface area (Å²) in [6.07, 6.45) is 0. The summed E-state index contributed by atoms with van der Waals surface area (Å²) in [4.78, 5) is 22.8. The Morgan fingerprint density at radius 3 is 2.39 bits per heavy atom. The minimum Gasteiger partial charge on any atom is -0.468 e. The summed E-state index contributed by atoms with van der Waals surface area (Å²) in [6.45, 7) is -0.0748. The Morgan fingerprint density at radius 1 is 1.33 bits per heavy atom. The highest BCUT2D eigenvalue weighted by atomic mass is 35.5. The number of benzene rings is 1. The Balaban J connectivity index is 2.69. The Kier molecular flexibility index (Phi) is 5.72. The fourth-order valence-electron chi connectivity index (χ4n) is 1.20. The lowest BCUT2D eigenvalue weighted by molar-refractivity contribution is -0.140. The molecule has 0 aliphatic heterocycles. The smallest absolute Gasteiger partial charge is 0.325 e. The summed E-state index contributed by atoms with van der Waals surface area (Å²) in [5, 5.41) is 1.95. The van der Waals surface area contributed by atoms with Gasteiger partial charge in [0, 0.05) is 6.54 Å². The van der Waals surface area contributed by atoms with Gasteiger partial charge >= 0.3 is 5.97 Å². The summed E-state index contributed by atoms with van der Waals surface area (Å²) in [7, 11) is 1.21. The maximum absolute atomic E-state index is 11.8. The molecule has 1 aromatic rings. The van der Waals surface area contributed by atoms with Crippen LogP contribution in [0.15, 0.2) is 18.2 Å². The third-order valence-corrected chi connectivity index (χ3v) is 3.05. The third-order valence-electron chi connectivity index (χ3n) is 2.09. The van der Waals surface area contributed by atoms with Gasteiger partial charge in [-0.2, -0.15) is 0 Å². The Morgan fingerprint density at radius 2 is 1.89 bits per heavy atom. The maximum atomic E-state index is 11.8. The Hall–Kier alpha value is -0.970. The molecule has 0 radical (unpaired) electrons. The van der Waals surface area contributed by atoms with Crippen LogP contribution < -0.4 is 5.32 Å². The van der Waals surface area contributed by atoms with Gasteiger partial charge in [0.05, 0.1) is 22.7 Å². The summed E-state index contributed by atoms with van der Waals surface area (Å²) < 4.78 is 4.42. The number of ether oxygens (including phenoxy) is 1. The highest BCUT2D eigenvalue weighted by Crippen LogP contribution is 2.23. The minimum absolute atomic E-state index is 0.0748. The van der Waals surface area contributed by atoms with Gasteiger partial charge in [0.15, 0.2) is 0 Å². The van der Waals surface area contributed by atoms with Gasteiger partial charge in [0.25, 0.3) is 5.91 Å². The van der Waals surface area contributed by atoms with Crippen molar-refractivity contribution in [2.75, 3.05) is 13.7 Å². The molecule has 0 saturated carbocycles. The minimum atomic E-state index is -0.958. The van der Waals surface area contributed by atoms with E-state index in [0.29, 0.717) is 0 Å². The van der Waals surface area contributed by atoms with Crippen molar-refractivity contribution in [1.82, 2.24) is 5.32 Å². The van der Waals surface area contributed by atoms with Crippen LogP contribution in [0.3, 0.4) is 0 Å². The molecule has 1 unspecified atom stereocenters. The van der Waals surface area contributed by atoms with E-state index in [9.17, 15) is 9.59 Å². The van der Waals surface area contributed by atoms with Gasteiger partial charge in [-0.25, -0.2) is 0 Å². The molecule has 1 amide bonds. The van der Waals surface area contributed by atoms with Crippen LogP contribution in [0.25, 0.3) is 0 Å². The van der Waals surface area contributed by atoms with Crippen molar-refractivity contribution >= 4 is 46.7 Å². The van der Waals surface area contributed by atoms with Gasteiger partial charge in [-0.1, -0.05) is 29.3 Å². The fourth-order valence-corrected chi connectivity index (χ4v) is 1.93. The molecule has 7 heteroatoms. The summed E-state index contributed by atoms with van der Waals surface area (Å²) in [6, 6.07) is 4.71. The van der Waals surface area contributed by atoms with E-state index in [4.69, 9.17) is 34.8 Å². The molecule has 0 heterocycles. The monoisotopic (exact) mass is 309 g/mol. The normalized spacial score (nSPS) is 11.8. The van der Waals surface area contributed by atoms with Gasteiger partial charge in [-0.3, -0.25) is 9.59 Å². The van der Waals surface area contributed by atoms with Crippen molar-refractivity contribution in [3.63, 3.8) is 0 Å². The van der Waals surface area contributed by atoms with E-state index in [2.05, 4.69) is 10.1 Å². The number of rotatable bonds is 4. The predicted octanol–water partition coefficient (Wildman–Crippen LogP) is 2.50. The number of amides is 1. The molecule has 0 spiro atoms. The van der Waals surface area contributed by atoms with Crippen molar-refractivity contribution in [2.24, 2.45) is 0 Å². The number of alkyl halides is 1. The van der Waals surface area contributed by atoms with Crippen LogP contribution in [0.4, 0.5) is 0 Å². The molecule has 18 heavy (non-hydrogen) atoms. The number of hydrogen-bond donors (Lipinski definition) is 1. The van der Waals surface area contributed by atoms with Crippen LogP contribution in [-0.2, 0) is 9.53 Å². The van der Waals surface area contributed by atoms with Crippen LogP contribution >= 0.6 is 34.8 Å². The second kappa shape index (κ2) is 6.83. The Bertz CT molecular complexity index is 445. The molecule has 1 N–H and O–H groups in total. The van der Waals surface area contributed by atoms with Gasteiger partial charge in [0.1, 0.15) is 5.38 Å². The zero-order chi connectivity index (χ0) is 13.7. The number of halogens is 3. The first kappa shape index (κ1) is 15.1. The molecule has 0 saturated heterocycles. The molecule has 0 fully saturated rings. The van der Waals surface area contributed by atoms with Gasteiger partial charge in [-0.15, -0.1) is 11.6 Å². The molecule has 0 aliphatic rings. The van der Waals surface area contributed by atoms with Crippen molar-refractivity contribution in [1.29, 1.82) is 0 Å². The summed E-state index contributed by atoms with van der Waals surface area (Å²) in [5.74, 6) is -1.12. The van der Waals surface area contributed by atoms with Crippen LogP contribution in [0.1, 0.15) is 10.4 Å². The van der Waals surface area contributed by atoms with Crippen molar-refractivity contribution in [2.45, 2.75) is 5.38 Å². The Labute approximate surface area is 119 Å². The largest absolute Gasteiger partial charge is 0.468 e. The van der Waals surface area contributed by atoms with Crippen LogP contribution in [0.2, 0.25) is 10.0 Å². The predicted molar refractivity (Wildman–Crippen MR) is 70.5 cm³/mol. The standard InChI is InChI=1S/C11H10Cl3NO3/c1-18-11(17)8(14)5-15-10(16)9-6(12)3-2-4-7(9)13/h2-4,8H,5H2,1H3,(H,15,16). The number of carbonyl (C=O) groups excluding carboxylic acids is 2. The van der Waals surface area contributed by atoms with E-state index in [-0.39, 0.29) is 22.2 Å². The number of hydrogen-bond acceptors (Lipinski definition) is 3. The topological polar surface area (TPSA) is 55.4 Å². The molecule has 0 bridgehead atoms. The highest BCUT2D eigenvalue weighted by molar-refractivity contribution is 6.39. The van der Waals surface area contributed by atoms with E-state index < -0.39 is 17.3 Å². The lowest BCUT2D eigenvalue weighted by Gasteiger charge is -2.10. The quantitative estimate of drug-likeness (QED) is 0.687. The molecule has 4 nitrogen and oxygen atoms in total. The van der Waals surface area contributed by atoms with E-state index in [1.165, 1.54) is 7.11 Å². The van der Waals surface area contributed by atoms with Gasteiger partial charge < -0.3 is 10.1 Å². The third kappa shape index (κ3) is 3.77. The highest BCUT2D eigenvalue weighted by Gasteiger charge is 2.19. The second-order valence-electron chi connectivity index (χ2n) is 3.30. The number of methoxy groups -OCH3 is 1. The molecule has 1 atom stereocenters. The molecular formula is C11H10Cl3NO3. The van der Waals surface area contributed by atoms with Crippen LogP contribution in [0, 0.1) is 0 Å². The van der Waals surface area contributed by atoms with E-state index >= 15 is 0 Å². The van der Waals surface area contributed by atoms with Crippen molar-refractivity contribution < 1.29 is 14.3 Å². The molecule has 1 rings (SSSR count). The fraction of sp³-hybridized carbons (Fsp3) is 0.273. The molecule has 0 aliphatic carbocycles. The number of carbonyl (C=O) groups is 2. The average molecular weight is 311 g/mol. The number of nitrogens with one attached hydrogen (secondary N) is 1. The molecule has 1 aromatic carbocycles. The van der Waals surface area contributed by atoms with Crippen LogP contribution in [0.5, 0.6) is 0 Å². The maximum Gasteiger partial charge on any atom is 0.325 e.